The molecule has 0 aliphatic rings. The maximum absolute atomic E-state index is 9.51. The first-order valence-corrected chi connectivity index (χ1v) is 5.54. The fourth-order valence-electron chi connectivity index (χ4n) is 1.94. The summed E-state index contributed by atoms with van der Waals surface area (Å²) in [5, 5.41) is 9.51. The van der Waals surface area contributed by atoms with Crippen LogP contribution in [0.15, 0.2) is 12.1 Å². The van der Waals surface area contributed by atoms with Crippen molar-refractivity contribution >= 4 is 0 Å². The van der Waals surface area contributed by atoms with Crippen LogP contribution in [0.4, 0.5) is 0 Å². The van der Waals surface area contributed by atoms with Crippen LogP contribution in [0, 0.1) is 0 Å². The molecule has 0 fully saturated rings. The predicted molar refractivity (Wildman–Crippen MR) is 64.3 cm³/mol. The van der Waals surface area contributed by atoms with Gasteiger partial charge in [0.05, 0.1) is 20.3 Å². The zero-order chi connectivity index (χ0) is 12.1. The molecule has 1 rings (SSSR count). The van der Waals surface area contributed by atoms with E-state index in [-0.39, 0.29) is 6.10 Å². The van der Waals surface area contributed by atoms with Crippen LogP contribution in [0.3, 0.4) is 0 Å². The number of benzene rings is 1. The van der Waals surface area contributed by atoms with Crippen molar-refractivity contribution in [2.45, 2.75) is 32.8 Å². The number of hydrogen-bond acceptors (Lipinski definition) is 3. The van der Waals surface area contributed by atoms with Crippen LogP contribution in [0.25, 0.3) is 0 Å². The van der Waals surface area contributed by atoms with E-state index < -0.39 is 0 Å². The number of methoxy groups -OCH3 is 2. The summed E-state index contributed by atoms with van der Waals surface area (Å²) in [6.45, 7) is 3.85. The zero-order valence-electron chi connectivity index (χ0n) is 10.4. The Morgan fingerprint density at radius 1 is 1.12 bits per heavy atom. The molecule has 0 heterocycles. The van der Waals surface area contributed by atoms with Crippen molar-refractivity contribution in [2.24, 2.45) is 0 Å². The Bertz CT molecular complexity index is 345. The lowest BCUT2D eigenvalue weighted by atomic mass is 9.98. The fourth-order valence-corrected chi connectivity index (χ4v) is 1.94. The first-order chi connectivity index (χ1) is 7.63. The van der Waals surface area contributed by atoms with E-state index in [0.29, 0.717) is 6.42 Å². The summed E-state index contributed by atoms with van der Waals surface area (Å²) in [4.78, 5) is 0. The number of ether oxygens (including phenoxy) is 2. The molecule has 0 aliphatic heterocycles. The molecular weight excluding hydrogens is 204 g/mol. The Morgan fingerprint density at radius 3 is 2.00 bits per heavy atom. The van der Waals surface area contributed by atoms with E-state index >= 15 is 0 Å². The molecule has 0 bridgehead atoms. The molecule has 1 atom stereocenters. The van der Waals surface area contributed by atoms with Gasteiger partial charge in [0.15, 0.2) is 0 Å². The van der Waals surface area contributed by atoms with Crippen molar-refractivity contribution in [3.8, 4) is 11.5 Å². The van der Waals surface area contributed by atoms with Crippen LogP contribution in [0.5, 0.6) is 11.5 Å². The smallest absolute Gasteiger partial charge is 0.122 e. The van der Waals surface area contributed by atoms with Crippen LogP contribution in [0.1, 0.15) is 25.0 Å². The summed E-state index contributed by atoms with van der Waals surface area (Å²) in [6.07, 6.45) is 1.07. The first kappa shape index (κ1) is 12.8. The molecule has 0 aromatic heterocycles. The van der Waals surface area contributed by atoms with Gasteiger partial charge in [0, 0.05) is 17.5 Å². The number of rotatable bonds is 5. The van der Waals surface area contributed by atoms with Crippen molar-refractivity contribution in [1.29, 1.82) is 0 Å². The molecule has 3 heteroatoms. The average molecular weight is 224 g/mol. The highest BCUT2D eigenvalue weighted by atomic mass is 16.5. The Kier molecular flexibility index (Phi) is 4.62. The van der Waals surface area contributed by atoms with Crippen molar-refractivity contribution < 1.29 is 14.6 Å². The average Bonchev–Trinajstić information content (AvgIpc) is 2.27. The van der Waals surface area contributed by atoms with E-state index in [2.05, 4.69) is 6.92 Å². The van der Waals surface area contributed by atoms with Crippen molar-refractivity contribution in [3.63, 3.8) is 0 Å². The summed E-state index contributed by atoms with van der Waals surface area (Å²) in [5.74, 6) is 1.68. The highest BCUT2D eigenvalue weighted by molar-refractivity contribution is 5.49. The lowest BCUT2D eigenvalue weighted by Gasteiger charge is -2.17. The van der Waals surface area contributed by atoms with E-state index in [1.807, 2.05) is 12.1 Å². The van der Waals surface area contributed by atoms with Gasteiger partial charge in [-0.25, -0.2) is 0 Å². The zero-order valence-corrected chi connectivity index (χ0v) is 10.4. The largest absolute Gasteiger partial charge is 0.496 e. The molecule has 16 heavy (non-hydrogen) atoms. The Labute approximate surface area is 97.0 Å². The Morgan fingerprint density at radius 2 is 1.62 bits per heavy atom. The third-order valence-electron chi connectivity index (χ3n) is 2.64. The Balaban J connectivity index is 3.25. The Hall–Kier alpha value is -1.22. The third kappa shape index (κ3) is 2.67. The third-order valence-corrected chi connectivity index (χ3v) is 2.64. The van der Waals surface area contributed by atoms with E-state index in [1.54, 1.807) is 21.1 Å². The lowest BCUT2D eigenvalue weighted by molar-refractivity contribution is 0.193. The standard InChI is InChI=1S/C13H20O3/c1-5-10-11(8-9(2)14)13(16-4)7-6-12(10)15-3/h6-7,9,14H,5,8H2,1-4H3. The quantitative estimate of drug-likeness (QED) is 0.833. The van der Waals surface area contributed by atoms with E-state index in [0.717, 1.165) is 29.0 Å². The second-order valence-corrected chi connectivity index (χ2v) is 3.83. The summed E-state index contributed by atoms with van der Waals surface area (Å²) >= 11 is 0. The maximum atomic E-state index is 9.51. The second kappa shape index (κ2) is 5.75. The minimum absolute atomic E-state index is 0.383. The van der Waals surface area contributed by atoms with Gasteiger partial charge >= 0.3 is 0 Å². The monoisotopic (exact) mass is 224 g/mol. The SMILES string of the molecule is CCc1c(OC)ccc(OC)c1CC(C)O. The van der Waals surface area contributed by atoms with Gasteiger partial charge in [-0.15, -0.1) is 0 Å². The highest BCUT2D eigenvalue weighted by Gasteiger charge is 2.14. The molecule has 90 valence electrons. The molecule has 1 aromatic carbocycles. The molecule has 0 amide bonds. The fraction of sp³-hybridized carbons (Fsp3) is 0.538. The molecule has 3 nitrogen and oxygen atoms in total. The number of aliphatic hydroxyl groups is 1. The van der Waals surface area contributed by atoms with Gasteiger partial charge < -0.3 is 14.6 Å². The molecule has 0 aliphatic carbocycles. The van der Waals surface area contributed by atoms with E-state index in [1.165, 1.54) is 0 Å². The number of aliphatic hydroxyl groups excluding tert-OH is 1. The van der Waals surface area contributed by atoms with Crippen LogP contribution in [0.2, 0.25) is 0 Å². The molecule has 1 unspecified atom stereocenters. The minimum atomic E-state index is -0.383. The molecule has 0 spiro atoms. The van der Waals surface area contributed by atoms with Crippen LogP contribution in [-0.2, 0) is 12.8 Å². The van der Waals surface area contributed by atoms with Gasteiger partial charge in [0.25, 0.3) is 0 Å². The van der Waals surface area contributed by atoms with Crippen LogP contribution < -0.4 is 9.47 Å². The first-order valence-electron chi connectivity index (χ1n) is 5.54. The van der Waals surface area contributed by atoms with Gasteiger partial charge in [-0.1, -0.05) is 6.92 Å². The summed E-state index contributed by atoms with van der Waals surface area (Å²) in [5.41, 5.74) is 2.15. The van der Waals surface area contributed by atoms with Crippen LogP contribution in [-0.4, -0.2) is 25.4 Å². The maximum Gasteiger partial charge on any atom is 0.122 e. The van der Waals surface area contributed by atoms with Gasteiger partial charge in [-0.3, -0.25) is 0 Å². The predicted octanol–water partition coefficient (Wildman–Crippen LogP) is 2.19. The summed E-state index contributed by atoms with van der Waals surface area (Å²) < 4.78 is 10.6. The summed E-state index contributed by atoms with van der Waals surface area (Å²) in [7, 11) is 3.31. The van der Waals surface area contributed by atoms with Gasteiger partial charge in [-0.05, 0) is 25.5 Å². The van der Waals surface area contributed by atoms with Crippen LogP contribution >= 0.6 is 0 Å². The topological polar surface area (TPSA) is 38.7 Å². The molecular formula is C13H20O3. The molecule has 0 saturated carbocycles. The van der Waals surface area contributed by atoms with Gasteiger partial charge in [-0.2, -0.15) is 0 Å². The van der Waals surface area contributed by atoms with Crippen molar-refractivity contribution in [3.05, 3.63) is 23.3 Å². The molecule has 0 radical (unpaired) electrons. The van der Waals surface area contributed by atoms with E-state index in [9.17, 15) is 5.11 Å². The number of hydrogen-bond donors (Lipinski definition) is 1. The normalized spacial score (nSPS) is 12.3. The lowest BCUT2D eigenvalue weighted by Crippen LogP contribution is -2.09. The van der Waals surface area contributed by atoms with Crippen molar-refractivity contribution in [1.82, 2.24) is 0 Å². The second-order valence-electron chi connectivity index (χ2n) is 3.83. The van der Waals surface area contributed by atoms with Gasteiger partial charge in [0.2, 0.25) is 0 Å². The molecule has 0 saturated heterocycles. The minimum Gasteiger partial charge on any atom is -0.496 e. The molecule has 1 aromatic rings. The highest BCUT2D eigenvalue weighted by Crippen LogP contribution is 2.31. The van der Waals surface area contributed by atoms with Crippen molar-refractivity contribution in [2.75, 3.05) is 14.2 Å². The van der Waals surface area contributed by atoms with E-state index in [4.69, 9.17) is 9.47 Å². The summed E-state index contributed by atoms with van der Waals surface area (Å²) in [6, 6.07) is 3.79. The van der Waals surface area contributed by atoms with Gasteiger partial charge in [0.1, 0.15) is 11.5 Å². The molecule has 1 N–H and O–H groups in total.